The summed E-state index contributed by atoms with van der Waals surface area (Å²) in [6.45, 7) is 1.78. The summed E-state index contributed by atoms with van der Waals surface area (Å²) in [6, 6.07) is 3.50. The number of aliphatic hydroxyl groups is 2. The molecule has 1 unspecified atom stereocenters. The molecule has 0 aromatic heterocycles. The predicted octanol–water partition coefficient (Wildman–Crippen LogP) is 4.77. The molecule has 0 bridgehead atoms. The fourth-order valence-corrected chi connectivity index (χ4v) is 8.15. The van der Waals surface area contributed by atoms with Crippen molar-refractivity contribution in [1.29, 1.82) is 0 Å². The van der Waals surface area contributed by atoms with Gasteiger partial charge in [0.2, 0.25) is 0 Å². The number of rotatable bonds is 2. The summed E-state index contributed by atoms with van der Waals surface area (Å²) < 4.78 is 5.81. The molecule has 0 spiro atoms. The van der Waals surface area contributed by atoms with Crippen LogP contribution >= 0.6 is 0 Å². The van der Waals surface area contributed by atoms with Crippen LogP contribution in [0.5, 0.6) is 23.0 Å². The summed E-state index contributed by atoms with van der Waals surface area (Å²) in [7, 11) is 1.52. The van der Waals surface area contributed by atoms with Crippen LogP contribution in [0.25, 0.3) is 55.4 Å². The second-order valence-corrected chi connectivity index (χ2v) is 12.0. The topological polar surface area (TPSA) is 134 Å². The van der Waals surface area contributed by atoms with E-state index in [2.05, 4.69) is 23.6 Å². The van der Waals surface area contributed by atoms with Gasteiger partial charge in [-0.3, -0.25) is 0 Å². The van der Waals surface area contributed by atoms with Crippen molar-refractivity contribution in [1.82, 2.24) is 0 Å². The molecule has 7 N–H and O–H groups in total. The molecule has 0 saturated heterocycles. The first-order chi connectivity index (χ1) is 19.9. The highest BCUT2D eigenvalue weighted by Gasteiger charge is 2.36. The molecular weight excluding hydrogens is 520 g/mol. The third kappa shape index (κ3) is 2.98. The Morgan fingerprint density at radius 3 is 2.22 bits per heavy atom. The van der Waals surface area contributed by atoms with Crippen molar-refractivity contribution >= 4 is 66.8 Å². The Morgan fingerprint density at radius 1 is 0.854 bits per heavy atom. The Morgan fingerprint density at radius 2 is 1.54 bits per heavy atom. The minimum absolute atomic E-state index is 0.0630. The van der Waals surface area contributed by atoms with Crippen LogP contribution in [0.2, 0.25) is 0 Å². The third-order valence-electron chi connectivity index (χ3n) is 9.71. The van der Waals surface area contributed by atoms with Gasteiger partial charge in [0.25, 0.3) is 0 Å². The predicted molar refractivity (Wildman–Crippen MR) is 162 cm³/mol. The van der Waals surface area contributed by atoms with E-state index in [1.165, 1.54) is 13.2 Å². The van der Waals surface area contributed by atoms with Crippen LogP contribution in [0.1, 0.15) is 43.7 Å². The van der Waals surface area contributed by atoms with Gasteiger partial charge in [-0.25, -0.2) is 0 Å². The summed E-state index contributed by atoms with van der Waals surface area (Å²) in [6.07, 6.45) is 8.14. The van der Waals surface area contributed by atoms with Crippen LogP contribution in [0, 0.1) is 5.92 Å². The van der Waals surface area contributed by atoms with Gasteiger partial charge in [-0.05, 0) is 53.6 Å². The summed E-state index contributed by atoms with van der Waals surface area (Å²) in [5, 5.41) is 69.6. The lowest BCUT2D eigenvalue weighted by molar-refractivity contribution is 0.283. The van der Waals surface area contributed by atoms with Crippen molar-refractivity contribution in [2.24, 2.45) is 5.92 Å². The van der Waals surface area contributed by atoms with Crippen molar-refractivity contribution in [3.8, 4) is 23.0 Å². The van der Waals surface area contributed by atoms with Crippen LogP contribution in [0.4, 0.5) is 11.4 Å². The van der Waals surface area contributed by atoms with E-state index in [4.69, 9.17) is 4.74 Å². The number of ether oxygens (including phenoxy) is 1. The minimum Gasteiger partial charge on any atom is -0.515 e. The smallest absolute Gasteiger partial charge is 0.169 e. The SMILES string of the molecule is COc1c(O)c2c(O)c/c(=C\O)c3c4c(CO)cc(O)c5c6c(c7c(c(c1CC(C)C=7)c23)c54)N[C@@H]1CCCC[C@@H]1N6. The normalized spacial score (nSPS) is 22.0. The second kappa shape index (κ2) is 8.36. The number of anilines is 2. The third-order valence-corrected chi connectivity index (χ3v) is 9.71. The molecule has 1 saturated carbocycles. The van der Waals surface area contributed by atoms with Gasteiger partial charge < -0.3 is 40.9 Å². The van der Waals surface area contributed by atoms with E-state index in [9.17, 15) is 25.5 Å². The molecule has 41 heavy (non-hydrogen) atoms. The molecule has 8 heteroatoms. The lowest BCUT2D eigenvalue weighted by atomic mass is 9.81. The average molecular weight is 553 g/mol. The standard InChI is InChI=1S/C33H32N2O6/c1-13-7-16-24-25-17(8-13)33(41-2)32(40)27-21(39)10-15(12-37)23(29(25)27)22-14(11-36)9-20(38)26(28(22)24)31-30(16)34-18-5-3-4-6-19(18)35-31/h7,9-10,12-13,18-19,34-40H,3-6,8,11H2,1-2H3/b15-12+/t13?,18-,19+/m1/s1. The van der Waals surface area contributed by atoms with Gasteiger partial charge in [0.05, 0.1) is 42.1 Å². The summed E-state index contributed by atoms with van der Waals surface area (Å²) >= 11 is 0. The fourth-order valence-electron chi connectivity index (χ4n) is 8.15. The Bertz CT molecular complexity index is 2090. The lowest BCUT2D eigenvalue weighted by Gasteiger charge is -2.40. The van der Waals surface area contributed by atoms with Gasteiger partial charge in [0.1, 0.15) is 11.5 Å². The van der Waals surface area contributed by atoms with Gasteiger partial charge in [0, 0.05) is 49.6 Å². The molecule has 3 atom stereocenters. The molecule has 0 radical (unpaired) electrons. The number of fused-ring (bicyclic) bond motifs is 5. The zero-order chi connectivity index (χ0) is 28.3. The Labute approximate surface area is 235 Å². The maximum Gasteiger partial charge on any atom is 0.169 e. The van der Waals surface area contributed by atoms with Crippen molar-refractivity contribution in [2.75, 3.05) is 17.7 Å². The number of hydrogen-bond acceptors (Lipinski definition) is 8. The highest BCUT2D eigenvalue weighted by Crippen LogP contribution is 2.54. The molecule has 0 amide bonds. The fraction of sp³-hybridized carbons (Fsp3) is 0.333. The number of methoxy groups -OCH3 is 1. The molecule has 2 aliphatic carbocycles. The Kier molecular flexibility index (Phi) is 5.00. The van der Waals surface area contributed by atoms with E-state index in [0.717, 1.165) is 70.3 Å². The molecule has 8 nitrogen and oxygen atoms in total. The van der Waals surface area contributed by atoms with Crippen LogP contribution in [-0.2, 0) is 13.0 Å². The summed E-state index contributed by atoms with van der Waals surface area (Å²) in [5.74, 6) is 0.0871. The Hall–Kier alpha value is -4.30. The van der Waals surface area contributed by atoms with Crippen molar-refractivity contribution < 1.29 is 30.3 Å². The maximum absolute atomic E-state index is 11.6. The van der Waals surface area contributed by atoms with Crippen LogP contribution < -0.4 is 25.8 Å². The van der Waals surface area contributed by atoms with Gasteiger partial charge in [0.15, 0.2) is 11.5 Å². The molecule has 5 aromatic rings. The number of nitrogens with one attached hydrogen (secondary N) is 2. The monoisotopic (exact) mass is 552 g/mol. The minimum atomic E-state index is -0.348. The molecule has 1 aliphatic heterocycles. The highest BCUT2D eigenvalue weighted by atomic mass is 16.5. The number of phenolic OH excluding ortho intramolecular Hbond substituents is 3. The number of aliphatic hydroxyl groups excluding tert-OH is 2. The van der Waals surface area contributed by atoms with E-state index < -0.39 is 0 Å². The second-order valence-electron chi connectivity index (χ2n) is 12.0. The van der Waals surface area contributed by atoms with Crippen LogP contribution in [0.3, 0.4) is 0 Å². The van der Waals surface area contributed by atoms with Gasteiger partial charge in [-0.2, -0.15) is 0 Å². The summed E-state index contributed by atoms with van der Waals surface area (Å²) in [5.41, 5.74) is 3.07. The maximum atomic E-state index is 11.6. The number of aromatic hydroxyl groups is 3. The number of hydrogen-bond donors (Lipinski definition) is 7. The first kappa shape index (κ1) is 24.5. The molecular formula is C33H32N2O6. The zero-order valence-electron chi connectivity index (χ0n) is 22.9. The number of benzene rings is 5. The molecule has 210 valence electrons. The van der Waals surface area contributed by atoms with E-state index in [-0.39, 0.29) is 47.2 Å². The average Bonchev–Trinajstić information content (AvgIpc) is 3.12. The molecule has 8 rings (SSSR count). The van der Waals surface area contributed by atoms with E-state index in [0.29, 0.717) is 44.5 Å². The first-order valence-electron chi connectivity index (χ1n) is 14.3. The molecule has 5 aromatic carbocycles. The molecule has 1 fully saturated rings. The lowest BCUT2D eigenvalue weighted by Crippen LogP contribution is -2.46. The molecule has 3 aliphatic rings. The van der Waals surface area contributed by atoms with Crippen LogP contribution in [-0.4, -0.2) is 44.7 Å². The Balaban J connectivity index is 1.77. The van der Waals surface area contributed by atoms with Gasteiger partial charge in [-0.15, -0.1) is 0 Å². The quantitative estimate of drug-likeness (QED) is 0.123. The van der Waals surface area contributed by atoms with Crippen LogP contribution in [0.15, 0.2) is 12.1 Å². The number of phenols is 3. The van der Waals surface area contributed by atoms with E-state index in [1.807, 2.05) is 0 Å². The zero-order valence-corrected chi connectivity index (χ0v) is 22.9. The van der Waals surface area contributed by atoms with E-state index >= 15 is 0 Å². The van der Waals surface area contributed by atoms with Gasteiger partial charge >= 0.3 is 0 Å². The van der Waals surface area contributed by atoms with Crippen molar-refractivity contribution in [3.05, 3.63) is 33.7 Å². The highest BCUT2D eigenvalue weighted by molar-refractivity contribution is 6.38. The van der Waals surface area contributed by atoms with Crippen molar-refractivity contribution in [2.45, 2.75) is 57.7 Å². The summed E-state index contributed by atoms with van der Waals surface area (Å²) in [4.78, 5) is 0. The largest absolute Gasteiger partial charge is 0.515 e. The van der Waals surface area contributed by atoms with E-state index in [1.54, 1.807) is 6.07 Å². The molecule has 1 heterocycles. The first-order valence-corrected chi connectivity index (χ1v) is 14.3. The van der Waals surface area contributed by atoms with Crippen molar-refractivity contribution in [3.63, 3.8) is 0 Å². The van der Waals surface area contributed by atoms with Gasteiger partial charge in [-0.1, -0.05) is 25.8 Å².